The van der Waals surface area contributed by atoms with Crippen LogP contribution in [0.1, 0.15) is 26.7 Å². The first-order chi connectivity index (χ1) is 11.3. The van der Waals surface area contributed by atoms with Crippen LogP contribution in [0.2, 0.25) is 0 Å². The fraction of sp³-hybridized carbons (Fsp3) is 0.200. The molecule has 124 valence electrons. The summed E-state index contributed by atoms with van der Waals surface area (Å²) in [6, 6.07) is 3.11. The number of halogens is 2. The van der Waals surface area contributed by atoms with Crippen LogP contribution < -0.4 is 4.90 Å². The van der Waals surface area contributed by atoms with Gasteiger partial charge in [-0.2, -0.15) is 0 Å². The van der Waals surface area contributed by atoms with Crippen LogP contribution in [-0.4, -0.2) is 39.8 Å². The summed E-state index contributed by atoms with van der Waals surface area (Å²) in [7, 11) is 1.37. The number of rotatable bonds is 3. The number of nitrogens with zero attached hydrogens (tertiary/aromatic N) is 2. The second kappa shape index (κ2) is 5.52. The van der Waals surface area contributed by atoms with Gasteiger partial charge in [0.1, 0.15) is 11.7 Å². The summed E-state index contributed by atoms with van der Waals surface area (Å²) in [6.45, 7) is 0. The summed E-state index contributed by atoms with van der Waals surface area (Å²) >= 11 is 0. The maximum Gasteiger partial charge on any atom is 0.371 e. The Labute approximate surface area is 133 Å². The number of carboxylic acids is 1. The number of nitrogens with one attached hydrogen (secondary N) is 1. The maximum atomic E-state index is 13.3. The van der Waals surface area contributed by atoms with E-state index >= 15 is 0 Å². The Kier molecular flexibility index (Phi) is 3.63. The highest BCUT2D eigenvalue weighted by Crippen LogP contribution is 2.29. The number of Topliss-reactive ketones (excluding diaryl/α,β-unsaturated/α-hetero) is 1. The van der Waals surface area contributed by atoms with Gasteiger partial charge in [0.2, 0.25) is 11.7 Å². The molecule has 1 unspecified atom stereocenters. The quantitative estimate of drug-likeness (QED) is 0.825. The Morgan fingerprint density at radius 3 is 2.67 bits per heavy atom. The molecule has 9 heteroatoms. The molecule has 0 saturated heterocycles. The Morgan fingerprint density at radius 1 is 1.33 bits per heavy atom. The molecule has 1 amide bonds. The Morgan fingerprint density at radius 2 is 2.04 bits per heavy atom. The Hall–Kier alpha value is -3.10. The second-order valence-electron chi connectivity index (χ2n) is 5.35. The number of imidazole rings is 1. The van der Waals surface area contributed by atoms with E-state index in [1.54, 1.807) is 0 Å². The molecule has 1 aliphatic heterocycles. The average molecular weight is 335 g/mol. The summed E-state index contributed by atoms with van der Waals surface area (Å²) < 4.78 is 26.3. The molecule has 0 aliphatic carbocycles. The number of carbonyl (C=O) groups excluding carboxylic acids is 2. The summed E-state index contributed by atoms with van der Waals surface area (Å²) in [5.41, 5.74) is 0.105. The van der Waals surface area contributed by atoms with Gasteiger partial charge in [-0.3, -0.25) is 14.5 Å². The number of carboxylic acid groups (broad SMARTS) is 1. The number of benzene rings is 1. The van der Waals surface area contributed by atoms with E-state index < -0.39 is 41.0 Å². The molecule has 24 heavy (non-hydrogen) atoms. The van der Waals surface area contributed by atoms with Crippen molar-refractivity contribution in [2.45, 2.75) is 6.42 Å². The summed E-state index contributed by atoms with van der Waals surface area (Å²) in [6.07, 6.45) is -0.145. The molecular weight excluding hydrogens is 324 g/mol. The van der Waals surface area contributed by atoms with Gasteiger partial charge >= 0.3 is 5.97 Å². The van der Waals surface area contributed by atoms with Gasteiger partial charge in [0.15, 0.2) is 23.1 Å². The van der Waals surface area contributed by atoms with E-state index in [2.05, 4.69) is 9.97 Å². The lowest BCUT2D eigenvalue weighted by Gasteiger charge is -2.27. The molecule has 1 aromatic carbocycles. The van der Waals surface area contributed by atoms with Gasteiger partial charge in [-0.25, -0.2) is 18.6 Å². The molecule has 7 nitrogen and oxygen atoms in total. The first-order valence-electron chi connectivity index (χ1n) is 6.88. The molecule has 1 aromatic heterocycles. The number of carbonyl (C=O) groups is 3. The number of aromatic nitrogens is 2. The van der Waals surface area contributed by atoms with Gasteiger partial charge in [0.25, 0.3) is 0 Å². The number of aromatic carboxylic acids is 1. The summed E-state index contributed by atoms with van der Waals surface area (Å²) in [5.74, 6) is -6.36. The predicted molar refractivity (Wildman–Crippen MR) is 76.8 cm³/mol. The highest BCUT2D eigenvalue weighted by molar-refractivity contribution is 6.20. The zero-order valence-corrected chi connectivity index (χ0v) is 12.3. The monoisotopic (exact) mass is 335 g/mol. The van der Waals surface area contributed by atoms with Crippen molar-refractivity contribution in [3.05, 3.63) is 46.9 Å². The van der Waals surface area contributed by atoms with Crippen molar-refractivity contribution in [2.75, 3.05) is 11.9 Å². The molecular formula is C15H11F2N3O4. The number of aromatic amines is 1. The topological polar surface area (TPSA) is 103 Å². The van der Waals surface area contributed by atoms with Crippen LogP contribution in [0.3, 0.4) is 0 Å². The third-order valence-corrected chi connectivity index (χ3v) is 3.83. The molecule has 2 heterocycles. The molecule has 0 spiro atoms. The van der Waals surface area contributed by atoms with Crippen LogP contribution >= 0.6 is 0 Å². The minimum absolute atomic E-state index is 0.00365. The van der Waals surface area contributed by atoms with Crippen LogP contribution in [0.5, 0.6) is 0 Å². The lowest BCUT2D eigenvalue weighted by Crippen LogP contribution is -2.43. The maximum absolute atomic E-state index is 13.3. The van der Waals surface area contributed by atoms with Crippen molar-refractivity contribution < 1.29 is 28.3 Å². The largest absolute Gasteiger partial charge is 0.475 e. The van der Waals surface area contributed by atoms with E-state index in [1.165, 1.54) is 13.1 Å². The first-order valence-corrected chi connectivity index (χ1v) is 6.88. The average Bonchev–Trinajstić information content (AvgIpc) is 2.99. The van der Waals surface area contributed by atoms with Gasteiger partial charge in [0.05, 0.1) is 0 Å². The smallest absolute Gasteiger partial charge is 0.371 e. The van der Waals surface area contributed by atoms with Crippen LogP contribution in [0.25, 0.3) is 0 Å². The lowest BCUT2D eigenvalue weighted by atomic mass is 9.89. The highest BCUT2D eigenvalue weighted by atomic mass is 19.2. The van der Waals surface area contributed by atoms with Gasteiger partial charge in [-0.15, -0.1) is 0 Å². The molecule has 2 N–H and O–H groups in total. The minimum Gasteiger partial charge on any atom is -0.475 e. The molecule has 0 radical (unpaired) electrons. The van der Waals surface area contributed by atoms with E-state index in [4.69, 9.17) is 5.11 Å². The Bertz CT molecular complexity index is 878. The number of amides is 1. The van der Waals surface area contributed by atoms with E-state index in [9.17, 15) is 23.2 Å². The normalized spacial score (nSPS) is 17.1. The standard InChI is InChI=1S/C15H11F2N3O4/c1-20-13-10(18-12(19-13)15(23)24)11(21)7(14(20)22)4-6-2-3-8(16)9(17)5-6/h2-3,5,7H,4H2,1H3,(H,18,19)(H,23,24). The summed E-state index contributed by atoms with van der Waals surface area (Å²) in [5, 5.41) is 8.94. The molecule has 0 bridgehead atoms. The van der Waals surface area contributed by atoms with Crippen molar-refractivity contribution >= 4 is 23.5 Å². The van der Waals surface area contributed by atoms with Crippen LogP contribution in [0.15, 0.2) is 18.2 Å². The number of hydrogen-bond donors (Lipinski definition) is 2. The fourth-order valence-electron chi connectivity index (χ4n) is 2.58. The third-order valence-electron chi connectivity index (χ3n) is 3.83. The SMILES string of the molecule is CN1C(=O)C(Cc2ccc(F)c(F)c2)C(=O)c2nc(C(=O)O)[nH]c21. The Balaban J connectivity index is 1.97. The second-order valence-corrected chi connectivity index (χ2v) is 5.35. The van der Waals surface area contributed by atoms with Crippen LogP contribution in [0, 0.1) is 17.6 Å². The molecule has 3 rings (SSSR count). The van der Waals surface area contributed by atoms with E-state index in [1.807, 2.05) is 0 Å². The fourth-order valence-corrected chi connectivity index (χ4v) is 2.58. The third kappa shape index (κ3) is 2.43. The van der Waals surface area contributed by atoms with Gasteiger partial charge in [-0.05, 0) is 24.1 Å². The van der Waals surface area contributed by atoms with E-state index in [0.29, 0.717) is 0 Å². The number of H-pyrrole nitrogens is 1. The first kappa shape index (κ1) is 15.8. The van der Waals surface area contributed by atoms with Crippen molar-refractivity contribution in [1.82, 2.24) is 9.97 Å². The van der Waals surface area contributed by atoms with Crippen LogP contribution in [0.4, 0.5) is 14.6 Å². The molecule has 1 aliphatic rings. The number of fused-ring (bicyclic) bond motifs is 1. The zero-order chi connectivity index (χ0) is 17.6. The van der Waals surface area contributed by atoms with Crippen molar-refractivity contribution in [1.29, 1.82) is 0 Å². The zero-order valence-electron chi connectivity index (χ0n) is 12.3. The summed E-state index contributed by atoms with van der Waals surface area (Å²) in [4.78, 5) is 43.0. The minimum atomic E-state index is -1.37. The number of ketones is 1. The van der Waals surface area contributed by atoms with Crippen molar-refractivity contribution in [3.8, 4) is 0 Å². The van der Waals surface area contributed by atoms with E-state index in [-0.39, 0.29) is 23.5 Å². The molecule has 0 fully saturated rings. The van der Waals surface area contributed by atoms with Crippen LogP contribution in [-0.2, 0) is 11.2 Å². The number of hydrogen-bond acceptors (Lipinski definition) is 4. The van der Waals surface area contributed by atoms with Crippen molar-refractivity contribution in [2.24, 2.45) is 5.92 Å². The van der Waals surface area contributed by atoms with Gasteiger partial charge in [0, 0.05) is 7.05 Å². The molecule has 1 atom stereocenters. The van der Waals surface area contributed by atoms with Crippen molar-refractivity contribution in [3.63, 3.8) is 0 Å². The number of anilines is 1. The van der Waals surface area contributed by atoms with E-state index in [0.717, 1.165) is 17.0 Å². The predicted octanol–water partition coefficient (Wildman–Crippen LogP) is 1.40. The van der Waals surface area contributed by atoms with Gasteiger partial charge in [-0.1, -0.05) is 6.07 Å². The van der Waals surface area contributed by atoms with Gasteiger partial charge < -0.3 is 10.1 Å². The lowest BCUT2D eigenvalue weighted by molar-refractivity contribution is -0.121. The highest BCUT2D eigenvalue weighted by Gasteiger charge is 2.41. The molecule has 2 aromatic rings. The molecule has 0 saturated carbocycles.